The number of rotatable bonds is 14. The Kier molecular flexibility index (Phi) is 11.3. The van der Waals surface area contributed by atoms with Crippen LogP contribution >= 0.6 is 0 Å². The van der Waals surface area contributed by atoms with Gasteiger partial charge in [-0.15, -0.1) is 0 Å². The van der Waals surface area contributed by atoms with Crippen molar-refractivity contribution in [1.29, 1.82) is 0 Å². The van der Waals surface area contributed by atoms with Gasteiger partial charge in [0.1, 0.15) is 17.3 Å². The lowest BCUT2D eigenvalue weighted by Gasteiger charge is -2.18. The molecule has 0 aliphatic heterocycles. The molecule has 0 radical (unpaired) electrons. The predicted octanol–water partition coefficient (Wildman–Crippen LogP) is 5.78. The summed E-state index contributed by atoms with van der Waals surface area (Å²) in [6.45, 7) is 3.78. The molecule has 0 aliphatic carbocycles. The smallest absolute Gasteiger partial charge is 0.335 e. The molecule has 47 heavy (non-hydrogen) atoms. The minimum atomic E-state index is -1.27. The van der Waals surface area contributed by atoms with Crippen molar-refractivity contribution in [2.24, 2.45) is 0 Å². The molecule has 1 heterocycles. The van der Waals surface area contributed by atoms with Gasteiger partial charge in [0.25, 0.3) is 5.91 Å². The van der Waals surface area contributed by atoms with E-state index >= 15 is 0 Å². The van der Waals surface area contributed by atoms with Crippen molar-refractivity contribution in [3.8, 4) is 28.0 Å². The number of nitrogens with zero attached hydrogens (tertiary/aromatic N) is 1. The highest BCUT2D eigenvalue weighted by atomic mass is 19.1. The number of aromatic carboxylic acids is 1. The molecule has 0 fully saturated rings. The molecular weight excluding hydrogens is 607 g/mol. The lowest BCUT2D eigenvalue weighted by atomic mass is 9.94. The summed E-state index contributed by atoms with van der Waals surface area (Å²) in [5.74, 6) is -2.92. The van der Waals surface area contributed by atoms with Crippen LogP contribution in [0.15, 0.2) is 78.9 Å². The van der Waals surface area contributed by atoms with Crippen molar-refractivity contribution >= 4 is 23.9 Å². The van der Waals surface area contributed by atoms with Crippen molar-refractivity contribution in [3.05, 3.63) is 107 Å². The first-order valence-corrected chi connectivity index (χ1v) is 14.9. The van der Waals surface area contributed by atoms with E-state index in [1.807, 2.05) is 44.2 Å². The van der Waals surface area contributed by atoms with Crippen molar-refractivity contribution in [1.82, 2.24) is 9.88 Å². The van der Waals surface area contributed by atoms with Crippen LogP contribution in [0.1, 0.15) is 64.8 Å². The molecule has 11 heteroatoms. The SMILES string of the molecule is COc1cc(C(=O)O)ccc1CNC(=O)c1c(-c2ccccc2)c(-c2ccc(F)cc2)c(/C=C/C(O)CC(O)CC(=O)O)n1C(C)C. The Hall–Kier alpha value is -5.26. The Morgan fingerprint density at radius 2 is 1.60 bits per heavy atom. The Balaban J connectivity index is 1.89. The summed E-state index contributed by atoms with van der Waals surface area (Å²) in [5, 5.41) is 42.1. The van der Waals surface area contributed by atoms with Gasteiger partial charge in [0, 0.05) is 41.4 Å². The van der Waals surface area contributed by atoms with Gasteiger partial charge < -0.3 is 35.0 Å². The third kappa shape index (κ3) is 8.32. The molecule has 2 unspecified atom stereocenters. The zero-order chi connectivity index (χ0) is 34.2. The third-order valence-electron chi connectivity index (χ3n) is 7.54. The van der Waals surface area contributed by atoms with E-state index in [1.54, 1.807) is 28.8 Å². The molecule has 0 aliphatic rings. The highest BCUT2D eigenvalue weighted by molar-refractivity contribution is 6.06. The van der Waals surface area contributed by atoms with Crippen LogP contribution in [-0.2, 0) is 11.3 Å². The molecule has 2 atom stereocenters. The van der Waals surface area contributed by atoms with Gasteiger partial charge in [-0.3, -0.25) is 9.59 Å². The molecule has 0 saturated heterocycles. The number of benzene rings is 3. The quantitative estimate of drug-likeness (QED) is 0.116. The van der Waals surface area contributed by atoms with Crippen molar-refractivity contribution < 1.29 is 43.9 Å². The summed E-state index contributed by atoms with van der Waals surface area (Å²) in [5.41, 5.74) is 3.84. The number of hydrogen-bond donors (Lipinski definition) is 5. The van der Waals surface area contributed by atoms with E-state index in [2.05, 4.69) is 5.32 Å². The number of hydrogen-bond acceptors (Lipinski definition) is 6. The number of methoxy groups -OCH3 is 1. The normalized spacial score (nSPS) is 12.7. The van der Waals surface area contributed by atoms with E-state index in [9.17, 15) is 34.1 Å². The van der Waals surface area contributed by atoms with Crippen LogP contribution < -0.4 is 10.1 Å². The maximum absolute atomic E-state index is 14.3. The number of halogens is 1. The number of amides is 1. The van der Waals surface area contributed by atoms with Crippen molar-refractivity contribution in [2.75, 3.05) is 7.11 Å². The third-order valence-corrected chi connectivity index (χ3v) is 7.54. The van der Waals surface area contributed by atoms with Gasteiger partial charge in [-0.2, -0.15) is 0 Å². The minimum Gasteiger partial charge on any atom is -0.496 e. The molecule has 4 aromatic rings. The van der Waals surface area contributed by atoms with E-state index in [1.165, 1.54) is 37.5 Å². The minimum absolute atomic E-state index is 0.0106. The fourth-order valence-corrected chi connectivity index (χ4v) is 5.45. The molecule has 5 N–H and O–H groups in total. The lowest BCUT2D eigenvalue weighted by Crippen LogP contribution is -2.27. The Morgan fingerprint density at radius 3 is 2.19 bits per heavy atom. The highest BCUT2D eigenvalue weighted by Gasteiger charge is 2.29. The number of aromatic nitrogens is 1. The van der Waals surface area contributed by atoms with Crippen LogP contribution in [0, 0.1) is 5.82 Å². The number of carbonyl (C=O) groups is 3. The fourth-order valence-electron chi connectivity index (χ4n) is 5.45. The first-order chi connectivity index (χ1) is 22.4. The van der Waals surface area contributed by atoms with Crippen LogP contribution in [-0.4, -0.2) is 62.2 Å². The standard InChI is InChI=1S/C36H37FN2O8/c1-21(2)39-29(16-15-27(40)18-28(41)19-31(42)43)32(23-11-13-26(37)14-12-23)33(22-7-5-4-6-8-22)34(39)35(44)38-20-25-10-9-24(36(45)46)17-30(25)47-3/h4-17,21,27-28,40-41H,18-20H2,1-3H3,(H,38,44)(H,42,43)(H,45,46)/b16-15+. The largest absolute Gasteiger partial charge is 0.496 e. The van der Waals surface area contributed by atoms with E-state index < -0.39 is 42.3 Å². The number of aliphatic hydroxyl groups is 2. The Morgan fingerprint density at radius 1 is 0.936 bits per heavy atom. The van der Waals surface area contributed by atoms with Crippen LogP contribution in [0.4, 0.5) is 4.39 Å². The number of nitrogens with one attached hydrogen (secondary N) is 1. The summed E-state index contributed by atoms with van der Waals surface area (Å²) >= 11 is 0. The molecule has 1 amide bonds. The molecule has 0 bridgehead atoms. The summed E-state index contributed by atoms with van der Waals surface area (Å²) in [6, 6.07) is 19.1. The molecule has 10 nitrogen and oxygen atoms in total. The lowest BCUT2D eigenvalue weighted by molar-refractivity contribution is -0.139. The molecule has 0 spiro atoms. The van der Waals surface area contributed by atoms with Crippen LogP contribution in [0.3, 0.4) is 0 Å². The van der Waals surface area contributed by atoms with Gasteiger partial charge in [0.05, 0.1) is 31.3 Å². The predicted molar refractivity (Wildman–Crippen MR) is 175 cm³/mol. The van der Waals surface area contributed by atoms with E-state index in [4.69, 9.17) is 9.84 Å². The van der Waals surface area contributed by atoms with E-state index in [0.717, 1.165) is 0 Å². The topological polar surface area (TPSA) is 158 Å². The summed E-state index contributed by atoms with van der Waals surface area (Å²) in [7, 11) is 1.41. The molecule has 0 saturated carbocycles. The van der Waals surface area contributed by atoms with Gasteiger partial charge in [-0.25, -0.2) is 9.18 Å². The second-order valence-electron chi connectivity index (χ2n) is 11.2. The van der Waals surface area contributed by atoms with Crippen LogP contribution in [0.25, 0.3) is 28.3 Å². The maximum Gasteiger partial charge on any atom is 0.335 e. The van der Waals surface area contributed by atoms with Crippen molar-refractivity contribution in [3.63, 3.8) is 0 Å². The Bertz CT molecular complexity index is 1760. The first-order valence-electron chi connectivity index (χ1n) is 14.9. The van der Waals surface area contributed by atoms with Crippen LogP contribution in [0.5, 0.6) is 5.75 Å². The van der Waals surface area contributed by atoms with Gasteiger partial charge >= 0.3 is 11.9 Å². The second-order valence-corrected chi connectivity index (χ2v) is 11.2. The zero-order valence-corrected chi connectivity index (χ0v) is 26.2. The fraction of sp³-hybridized carbons (Fsp3) is 0.250. The first kappa shape index (κ1) is 34.6. The van der Waals surface area contributed by atoms with Gasteiger partial charge in [0.15, 0.2) is 0 Å². The van der Waals surface area contributed by atoms with Gasteiger partial charge in [-0.1, -0.05) is 54.6 Å². The Labute approximate surface area is 271 Å². The molecule has 3 aromatic carbocycles. The summed E-state index contributed by atoms with van der Waals surface area (Å²) in [4.78, 5) is 36.7. The number of aliphatic carboxylic acids is 1. The van der Waals surface area contributed by atoms with Gasteiger partial charge in [-0.05, 0) is 55.3 Å². The molecule has 246 valence electrons. The number of carboxylic acids is 2. The number of ether oxygens (including phenoxy) is 1. The van der Waals surface area contributed by atoms with E-state index in [-0.39, 0.29) is 30.3 Å². The number of carboxylic acid groups (broad SMARTS) is 2. The van der Waals surface area contributed by atoms with Gasteiger partial charge in [0.2, 0.25) is 0 Å². The molecule has 1 aromatic heterocycles. The van der Waals surface area contributed by atoms with Crippen LogP contribution in [0.2, 0.25) is 0 Å². The average molecular weight is 645 g/mol. The maximum atomic E-state index is 14.3. The molecule has 4 rings (SSSR count). The van der Waals surface area contributed by atoms with E-state index in [0.29, 0.717) is 39.3 Å². The van der Waals surface area contributed by atoms with Crippen molar-refractivity contribution in [2.45, 2.75) is 51.5 Å². The second kappa shape index (κ2) is 15.4. The monoisotopic (exact) mass is 644 g/mol. The summed E-state index contributed by atoms with van der Waals surface area (Å²) < 4.78 is 21.3. The zero-order valence-electron chi connectivity index (χ0n) is 26.2. The molecular formula is C36H37FN2O8. The number of aliphatic hydroxyl groups excluding tert-OH is 2. The summed E-state index contributed by atoms with van der Waals surface area (Å²) in [6.07, 6.45) is -0.187. The number of carbonyl (C=O) groups excluding carboxylic acids is 1. The highest BCUT2D eigenvalue weighted by Crippen LogP contribution is 2.42. The average Bonchev–Trinajstić information content (AvgIpc) is 3.38.